The molecule has 0 spiro atoms. The van der Waals surface area contributed by atoms with Crippen LogP contribution in [0.5, 0.6) is 0 Å². The van der Waals surface area contributed by atoms with Crippen molar-refractivity contribution in [3.63, 3.8) is 0 Å². The van der Waals surface area contributed by atoms with E-state index in [-0.39, 0.29) is 12.8 Å². The number of carbonyl (C=O) groups excluding carboxylic acids is 3. The summed E-state index contributed by atoms with van der Waals surface area (Å²) in [6.07, 6.45) is -3.01. The Morgan fingerprint density at radius 1 is 0.958 bits per heavy atom. The predicted molar refractivity (Wildman–Crippen MR) is 84.2 cm³/mol. The lowest BCUT2D eigenvalue weighted by Gasteiger charge is -2.31. The standard InChI is InChI=1S/C15H26N2O7/c1-14(2,3)23-12(21)17(13(22)24-15(4,5)6)9(11(19)20)7-8-10(16)18/h9H,7-8H2,1-6H3,(H2,16,18)(H,19,20)/t9-/m0/s1. The molecule has 0 aromatic rings. The number of rotatable bonds is 5. The fourth-order valence-electron chi connectivity index (χ4n) is 1.59. The molecule has 0 saturated heterocycles. The Kier molecular flexibility index (Phi) is 7.21. The number of imide groups is 1. The first-order chi connectivity index (χ1) is 10.6. The van der Waals surface area contributed by atoms with Crippen molar-refractivity contribution in [1.82, 2.24) is 4.90 Å². The van der Waals surface area contributed by atoms with Gasteiger partial charge in [-0.15, -0.1) is 0 Å². The third-order valence-electron chi connectivity index (χ3n) is 2.44. The average Bonchev–Trinajstić information content (AvgIpc) is 2.28. The number of nitrogens with zero attached hydrogens (tertiary/aromatic N) is 1. The van der Waals surface area contributed by atoms with Crippen LogP contribution in [0.15, 0.2) is 0 Å². The van der Waals surface area contributed by atoms with Crippen molar-refractivity contribution in [1.29, 1.82) is 0 Å². The first kappa shape index (κ1) is 21.7. The molecule has 0 fully saturated rings. The molecule has 9 nitrogen and oxygen atoms in total. The number of hydrogen-bond donors (Lipinski definition) is 2. The SMILES string of the molecule is CC(C)(C)OC(=O)N(C(=O)OC(C)(C)C)[C@@H](CCC(N)=O)C(=O)O. The molecule has 3 N–H and O–H groups in total. The lowest BCUT2D eigenvalue weighted by Crippen LogP contribution is -2.52. The topological polar surface area (TPSA) is 136 Å². The van der Waals surface area contributed by atoms with Crippen molar-refractivity contribution in [2.75, 3.05) is 0 Å². The summed E-state index contributed by atoms with van der Waals surface area (Å²) in [5, 5.41) is 9.34. The number of carboxylic acid groups (broad SMARTS) is 1. The van der Waals surface area contributed by atoms with E-state index < -0.39 is 41.3 Å². The van der Waals surface area contributed by atoms with Gasteiger partial charge < -0.3 is 20.3 Å². The normalized spacial score (nSPS) is 12.9. The molecule has 0 aromatic heterocycles. The third kappa shape index (κ3) is 8.35. The van der Waals surface area contributed by atoms with Gasteiger partial charge in [-0.25, -0.2) is 14.4 Å². The molecule has 138 valence electrons. The number of primary amides is 1. The van der Waals surface area contributed by atoms with E-state index in [9.17, 15) is 24.3 Å². The molecular weight excluding hydrogens is 320 g/mol. The summed E-state index contributed by atoms with van der Waals surface area (Å²) in [6, 6.07) is -1.64. The van der Waals surface area contributed by atoms with Crippen LogP contribution in [0.3, 0.4) is 0 Å². The number of ether oxygens (including phenoxy) is 2. The number of hydrogen-bond acceptors (Lipinski definition) is 6. The molecule has 0 radical (unpaired) electrons. The first-order valence-corrected chi connectivity index (χ1v) is 7.40. The van der Waals surface area contributed by atoms with Crippen molar-refractivity contribution >= 4 is 24.1 Å². The zero-order valence-corrected chi connectivity index (χ0v) is 14.9. The molecule has 1 atom stereocenters. The Morgan fingerprint density at radius 3 is 1.58 bits per heavy atom. The summed E-state index contributed by atoms with van der Waals surface area (Å²) >= 11 is 0. The van der Waals surface area contributed by atoms with Crippen LogP contribution in [0.4, 0.5) is 9.59 Å². The summed E-state index contributed by atoms with van der Waals surface area (Å²) in [5.74, 6) is -2.23. The van der Waals surface area contributed by atoms with Crippen LogP contribution in [0.1, 0.15) is 54.4 Å². The fourth-order valence-corrected chi connectivity index (χ4v) is 1.59. The van der Waals surface area contributed by atoms with E-state index in [1.807, 2.05) is 0 Å². The molecule has 0 aromatic carbocycles. The van der Waals surface area contributed by atoms with Gasteiger partial charge in [-0.2, -0.15) is 4.90 Å². The Morgan fingerprint density at radius 2 is 1.33 bits per heavy atom. The van der Waals surface area contributed by atoms with E-state index >= 15 is 0 Å². The molecule has 0 unspecified atom stereocenters. The van der Waals surface area contributed by atoms with Gasteiger partial charge in [-0.1, -0.05) is 0 Å². The molecule has 0 rings (SSSR count). The van der Waals surface area contributed by atoms with Crippen LogP contribution in [0, 0.1) is 0 Å². The molecule has 0 aliphatic rings. The van der Waals surface area contributed by atoms with Gasteiger partial charge in [0.05, 0.1) is 0 Å². The highest BCUT2D eigenvalue weighted by atomic mass is 16.6. The van der Waals surface area contributed by atoms with Crippen molar-refractivity contribution in [2.45, 2.75) is 71.6 Å². The van der Waals surface area contributed by atoms with Gasteiger partial charge in [0.15, 0.2) is 0 Å². The first-order valence-electron chi connectivity index (χ1n) is 7.40. The van der Waals surface area contributed by atoms with E-state index in [1.54, 1.807) is 41.5 Å². The van der Waals surface area contributed by atoms with Gasteiger partial charge >= 0.3 is 18.2 Å². The highest BCUT2D eigenvalue weighted by Crippen LogP contribution is 2.19. The summed E-state index contributed by atoms with van der Waals surface area (Å²) < 4.78 is 10.2. The van der Waals surface area contributed by atoms with E-state index in [4.69, 9.17) is 15.2 Å². The van der Waals surface area contributed by atoms with Gasteiger partial charge in [0.25, 0.3) is 0 Å². The Labute approximate surface area is 141 Å². The van der Waals surface area contributed by atoms with Gasteiger partial charge in [0.1, 0.15) is 17.2 Å². The lowest BCUT2D eigenvalue weighted by atomic mass is 10.1. The smallest absolute Gasteiger partial charge is 0.420 e. The second-order valence-electron chi connectivity index (χ2n) is 7.19. The molecule has 9 heteroatoms. The van der Waals surface area contributed by atoms with Gasteiger partial charge in [-0.05, 0) is 48.0 Å². The number of carbonyl (C=O) groups is 4. The lowest BCUT2D eigenvalue weighted by molar-refractivity contribution is -0.143. The molecule has 0 saturated carbocycles. The van der Waals surface area contributed by atoms with Crippen LogP contribution in [-0.2, 0) is 19.1 Å². The fraction of sp³-hybridized carbons (Fsp3) is 0.733. The summed E-state index contributed by atoms with van der Waals surface area (Å²) in [5.41, 5.74) is 3.11. The Balaban J connectivity index is 5.62. The number of amides is 3. The summed E-state index contributed by atoms with van der Waals surface area (Å²) in [7, 11) is 0. The van der Waals surface area contributed by atoms with E-state index in [2.05, 4.69) is 0 Å². The zero-order chi connectivity index (χ0) is 19.3. The molecule has 0 aliphatic carbocycles. The maximum absolute atomic E-state index is 12.3. The quantitative estimate of drug-likeness (QED) is 0.775. The van der Waals surface area contributed by atoms with Crippen molar-refractivity contribution < 1.29 is 33.8 Å². The van der Waals surface area contributed by atoms with Crippen LogP contribution in [-0.4, -0.2) is 51.3 Å². The molecule has 3 amide bonds. The molecule has 24 heavy (non-hydrogen) atoms. The second kappa shape index (κ2) is 7.98. The zero-order valence-electron chi connectivity index (χ0n) is 14.9. The Hall–Kier alpha value is -2.32. The summed E-state index contributed by atoms with van der Waals surface area (Å²) in [6.45, 7) is 9.40. The minimum atomic E-state index is -1.64. The predicted octanol–water partition coefficient (Wildman–Crippen LogP) is 1.88. The number of aliphatic carboxylic acids is 1. The number of carboxylic acids is 1. The van der Waals surface area contributed by atoms with Crippen LogP contribution in [0.25, 0.3) is 0 Å². The molecular formula is C15H26N2O7. The van der Waals surface area contributed by atoms with Crippen LogP contribution < -0.4 is 5.73 Å². The van der Waals surface area contributed by atoms with E-state index in [1.165, 1.54) is 0 Å². The largest absolute Gasteiger partial charge is 0.480 e. The second-order valence-corrected chi connectivity index (χ2v) is 7.19. The highest BCUT2D eigenvalue weighted by molar-refractivity contribution is 5.94. The van der Waals surface area contributed by atoms with Crippen LogP contribution in [0.2, 0.25) is 0 Å². The molecule has 0 bridgehead atoms. The van der Waals surface area contributed by atoms with Crippen LogP contribution >= 0.6 is 0 Å². The van der Waals surface area contributed by atoms with Crippen molar-refractivity contribution in [2.24, 2.45) is 5.73 Å². The minimum Gasteiger partial charge on any atom is -0.480 e. The van der Waals surface area contributed by atoms with E-state index in [0.29, 0.717) is 4.90 Å². The summed E-state index contributed by atoms with van der Waals surface area (Å²) in [4.78, 5) is 47.4. The minimum absolute atomic E-state index is 0.320. The highest BCUT2D eigenvalue weighted by Gasteiger charge is 2.40. The maximum Gasteiger partial charge on any atom is 0.420 e. The number of nitrogens with two attached hydrogens (primary N) is 1. The molecule has 0 aliphatic heterocycles. The maximum atomic E-state index is 12.3. The van der Waals surface area contributed by atoms with Gasteiger partial charge in [-0.3, -0.25) is 4.79 Å². The van der Waals surface area contributed by atoms with E-state index in [0.717, 1.165) is 0 Å². The molecule has 0 heterocycles. The van der Waals surface area contributed by atoms with Gasteiger partial charge in [0, 0.05) is 6.42 Å². The average molecular weight is 346 g/mol. The van der Waals surface area contributed by atoms with Crippen molar-refractivity contribution in [3.05, 3.63) is 0 Å². The Bertz CT molecular complexity index is 475. The van der Waals surface area contributed by atoms with Crippen molar-refractivity contribution in [3.8, 4) is 0 Å². The monoisotopic (exact) mass is 346 g/mol. The third-order valence-corrected chi connectivity index (χ3v) is 2.44. The van der Waals surface area contributed by atoms with Gasteiger partial charge in [0.2, 0.25) is 5.91 Å².